The van der Waals surface area contributed by atoms with E-state index < -0.39 is 81.6 Å². The smallest absolute Gasteiger partial charge is 0.200 e. The topological polar surface area (TPSA) is 24.1 Å². The third-order valence-corrected chi connectivity index (χ3v) is 4.85. The van der Waals surface area contributed by atoms with Gasteiger partial charge < -0.3 is 10.6 Å². The van der Waals surface area contributed by atoms with Crippen LogP contribution in [-0.4, -0.2) is 12.1 Å². The Morgan fingerprint density at radius 3 is 0.900 bits per heavy atom. The van der Waals surface area contributed by atoms with Crippen LogP contribution in [-0.2, 0) is 0 Å². The summed E-state index contributed by atoms with van der Waals surface area (Å²) in [7, 11) is 0. The molecule has 0 aliphatic heterocycles. The van der Waals surface area contributed by atoms with Crippen molar-refractivity contribution in [2.45, 2.75) is 37.8 Å². The largest absolute Gasteiger partial charge is 0.375 e. The van der Waals surface area contributed by atoms with Gasteiger partial charge in [0.15, 0.2) is 46.5 Å². The molecule has 0 saturated heterocycles. The summed E-state index contributed by atoms with van der Waals surface area (Å²) in [4.78, 5) is 0. The Morgan fingerprint density at radius 1 is 0.400 bits per heavy atom. The Balaban J connectivity index is 1.95. The second-order valence-electron chi connectivity index (χ2n) is 6.68. The van der Waals surface area contributed by atoms with Crippen LogP contribution in [0.5, 0.6) is 0 Å². The van der Waals surface area contributed by atoms with Gasteiger partial charge in [0.25, 0.3) is 0 Å². The van der Waals surface area contributed by atoms with E-state index in [0.29, 0.717) is 12.8 Å². The van der Waals surface area contributed by atoms with Gasteiger partial charge in [-0.3, -0.25) is 0 Å². The highest BCUT2D eigenvalue weighted by molar-refractivity contribution is 5.52. The van der Waals surface area contributed by atoms with Gasteiger partial charge in [-0.05, 0) is 12.8 Å². The van der Waals surface area contributed by atoms with Crippen molar-refractivity contribution in [3.05, 3.63) is 58.2 Å². The zero-order valence-corrected chi connectivity index (χ0v) is 14.8. The van der Waals surface area contributed by atoms with Gasteiger partial charge in [0.2, 0.25) is 11.6 Å². The van der Waals surface area contributed by atoms with Gasteiger partial charge in [0, 0.05) is 12.1 Å². The summed E-state index contributed by atoms with van der Waals surface area (Å²) >= 11 is 0. The van der Waals surface area contributed by atoms with Crippen molar-refractivity contribution < 1.29 is 43.9 Å². The van der Waals surface area contributed by atoms with Crippen molar-refractivity contribution in [1.29, 1.82) is 0 Å². The molecule has 2 nitrogen and oxygen atoms in total. The van der Waals surface area contributed by atoms with Crippen molar-refractivity contribution in [3.63, 3.8) is 0 Å². The molecule has 0 aromatic heterocycles. The van der Waals surface area contributed by atoms with Crippen molar-refractivity contribution in [3.8, 4) is 0 Å². The van der Waals surface area contributed by atoms with E-state index >= 15 is 0 Å². The van der Waals surface area contributed by atoms with Gasteiger partial charge >= 0.3 is 0 Å². The number of nitrogens with one attached hydrogen (secondary N) is 2. The van der Waals surface area contributed by atoms with E-state index in [4.69, 9.17) is 0 Å². The first-order valence-electron chi connectivity index (χ1n) is 8.62. The van der Waals surface area contributed by atoms with Gasteiger partial charge in [-0.15, -0.1) is 0 Å². The molecule has 0 radical (unpaired) electrons. The molecule has 0 spiro atoms. The molecular weight excluding hydrogens is 434 g/mol. The average molecular weight is 446 g/mol. The quantitative estimate of drug-likeness (QED) is 0.347. The molecule has 2 aromatic rings. The minimum atomic E-state index is -2.37. The third kappa shape index (κ3) is 3.63. The van der Waals surface area contributed by atoms with Crippen LogP contribution in [0.2, 0.25) is 0 Å². The summed E-state index contributed by atoms with van der Waals surface area (Å²) in [5.41, 5.74) is -2.72. The summed E-state index contributed by atoms with van der Waals surface area (Å²) in [5.74, 6) is -22.1. The molecule has 12 heteroatoms. The molecule has 164 valence electrons. The fourth-order valence-corrected chi connectivity index (χ4v) is 3.31. The standard InChI is InChI=1S/C18H12F10N2/c19-7-9(21)13(25)17(14(26)10(7)22)29-5-3-1-2-4-6(5)30-18-15(27)11(23)8(20)12(24)16(18)28/h5-6,29-30H,1-4H2/t5-,6?/m1/s1. The molecule has 2 atom stereocenters. The second-order valence-corrected chi connectivity index (χ2v) is 6.68. The van der Waals surface area contributed by atoms with Gasteiger partial charge in [-0.1, -0.05) is 12.8 Å². The van der Waals surface area contributed by atoms with Gasteiger partial charge in [0.1, 0.15) is 11.4 Å². The number of hydrogen-bond acceptors (Lipinski definition) is 2. The minimum Gasteiger partial charge on any atom is -0.375 e. The Morgan fingerprint density at radius 2 is 0.633 bits per heavy atom. The minimum absolute atomic E-state index is 0.0482. The molecule has 30 heavy (non-hydrogen) atoms. The maximum Gasteiger partial charge on any atom is 0.200 e. The lowest BCUT2D eigenvalue weighted by atomic mass is 9.89. The number of hydrogen-bond donors (Lipinski definition) is 2. The lowest BCUT2D eigenvalue weighted by molar-refractivity contribution is 0.370. The lowest BCUT2D eigenvalue weighted by Crippen LogP contribution is -2.42. The highest BCUT2D eigenvalue weighted by atomic mass is 19.2. The van der Waals surface area contributed by atoms with E-state index in [-0.39, 0.29) is 12.8 Å². The molecule has 0 amide bonds. The van der Waals surface area contributed by atoms with Crippen molar-refractivity contribution in [1.82, 2.24) is 0 Å². The van der Waals surface area contributed by atoms with E-state index in [9.17, 15) is 43.9 Å². The molecule has 1 aliphatic carbocycles. The summed E-state index contributed by atoms with van der Waals surface area (Å²) in [6, 6.07) is -2.30. The highest BCUT2D eigenvalue weighted by Gasteiger charge is 2.33. The second kappa shape index (κ2) is 8.23. The van der Waals surface area contributed by atoms with E-state index in [1.165, 1.54) is 0 Å². The number of halogens is 10. The monoisotopic (exact) mass is 446 g/mol. The van der Waals surface area contributed by atoms with E-state index in [2.05, 4.69) is 10.6 Å². The predicted molar refractivity (Wildman–Crippen MR) is 85.8 cm³/mol. The molecule has 2 N–H and O–H groups in total. The summed E-state index contributed by atoms with van der Waals surface area (Å²) in [6.45, 7) is 0. The summed E-state index contributed by atoms with van der Waals surface area (Å²) in [5, 5.41) is 4.22. The van der Waals surface area contributed by atoms with E-state index in [1.807, 2.05) is 0 Å². The van der Waals surface area contributed by atoms with Crippen LogP contribution in [0.3, 0.4) is 0 Å². The first kappa shape index (κ1) is 22.0. The van der Waals surface area contributed by atoms with E-state index in [1.54, 1.807) is 0 Å². The molecule has 1 aliphatic rings. The molecule has 3 rings (SSSR count). The number of anilines is 2. The van der Waals surface area contributed by atoms with Crippen molar-refractivity contribution in [2.75, 3.05) is 10.6 Å². The molecule has 1 fully saturated rings. The van der Waals surface area contributed by atoms with Crippen LogP contribution in [0.15, 0.2) is 0 Å². The first-order valence-corrected chi connectivity index (χ1v) is 8.62. The summed E-state index contributed by atoms with van der Waals surface area (Å²) in [6.07, 6.45) is 0.907. The van der Waals surface area contributed by atoms with Crippen LogP contribution in [0.4, 0.5) is 55.3 Å². The predicted octanol–water partition coefficient (Wildman–Crippen LogP) is 5.91. The fraction of sp³-hybridized carbons (Fsp3) is 0.333. The molecule has 1 saturated carbocycles. The van der Waals surface area contributed by atoms with E-state index in [0.717, 1.165) is 0 Å². The summed E-state index contributed by atoms with van der Waals surface area (Å²) < 4.78 is 136. The van der Waals surface area contributed by atoms with Gasteiger partial charge in [-0.2, -0.15) is 0 Å². The highest BCUT2D eigenvalue weighted by Crippen LogP contribution is 2.33. The van der Waals surface area contributed by atoms with Gasteiger partial charge in [0.05, 0.1) is 0 Å². The SMILES string of the molecule is Fc1c(F)c(F)c(NC2CCCC[C@H]2Nc2c(F)c(F)c(F)c(F)c2F)c(F)c1F. The van der Waals surface area contributed by atoms with Crippen molar-refractivity contribution in [2.24, 2.45) is 0 Å². The normalized spacial score (nSPS) is 19.1. The Labute approximate surface area is 162 Å². The van der Waals surface area contributed by atoms with Crippen LogP contribution in [0.1, 0.15) is 25.7 Å². The maximum absolute atomic E-state index is 13.9. The molecule has 0 bridgehead atoms. The maximum atomic E-state index is 13.9. The number of rotatable bonds is 4. The van der Waals surface area contributed by atoms with Gasteiger partial charge in [-0.25, -0.2) is 43.9 Å². The van der Waals surface area contributed by atoms with Crippen LogP contribution < -0.4 is 10.6 Å². The Hall–Kier alpha value is -2.66. The Bertz CT molecular complexity index is 856. The van der Waals surface area contributed by atoms with Crippen molar-refractivity contribution >= 4 is 11.4 Å². The average Bonchev–Trinajstić information content (AvgIpc) is 2.75. The van der Waals surface area contributed by atoms with Crippen LogP contribution in [0.25, 0.3) is 0 Å². The number of benzene rings is 2. The molecule has 1 unspecified atom stereocenters. The lowest BCUT2D eigenvalue weighted by Gasteiger charge is -2.34. The van der Waals surface area contributed by atoms with Crippen LogP contribution in [0, 0.1) is 58.2 Å². The molecular formula is C18H12F10N2. The first-order chi connectivity index (χ1) is 14.1. The molecule has 2 aromatic carbocycles. The fourth-order valence-electron chi connectivity index (χ4n) is 3.31. The van der Waals surface area contributed by atoms with Crippen LogP contribution >= 0.6 is 0 Å². The zero-order chi connectivity index (χ0) is 22.3. The Kier molecular flexibility index (Phi) is 6.04. The third-order valence-electron chi connectivity index (χ3n) is 4.85. The molecule has 0 heterocycles. The zero-order valence-electron chi connectivity index (χ0n) is 14.8.